The lowest BCUT2D eigenvalue weighted by molar-refractivity contribution is 0.306. The molecular weight excluding hydrogens is 341 g/mol. The molecule has 0 fully saturated rings. The van der Waals surface area contributed by atoms with Gasteiger partial charge in [-0.25, -0.2) is 0 Å². The molecule has 0 atom stereocenters. The Labute approximate surface area is 155 Å². The quantitative estimate of drug-likeness (QED) is 0.503. The summed E-state index contributed by atoms with van der Waals surface area (Å²) in [4.78, 5) is 0. The van der Waals surface area contributed by atoms with Gasteiger partial charge in [0.2, 0.25) is 0 Å². The summed E-state index contributed by atoms with van der Waals surface area (Å²) < 4.78 is 5.86. The molecule has 2 nitrogen and oxygen atoms in total. The second-order valence-electron chi connectivity index (χ2n) is 5.92. The highest BCUT2D eigenvalue weighted by Crippen LogP contribution is 2.23. The molecule has 4 heteroatoms. The van der Waals surface area contributed by atoms with Crippen LogP contribution >= 0.6 is 23.2 Å². The van der Waals surface area contributed by atoms with E-state index in [2.05, 4.69) is 24.4 Å². The number of benzene rings is 2. The van der Waals surface area contributed by atoms with Crippen molar-refractivity contribution in [2.75, 3.05) is 6.54 Å². The molecule has 0 unspecified atom stereocenters. The molecule has 0 heterocycles. The van der Waals surface area contributed by atoms with Crippen LogP contribution in [0.3, 0.4) is 0 Å². The van der Waals surface area contributed by atoms with Crippen molar-refractivity contribution in [3.8, 4) is 5.75 Å². The SMILES string of the molecule is CCCCCCNCc1cccc(OCc2ccc(Cl)c(Cl)c2)c1. The van der Waals surface area contributed by atoms with Gasteiger partial charge in [0.05, 0.1) is 10.0 Å². The smallest absolute Gasteiger partial charge is 0.120 e. The minimum atomic E-state index is 0.477. The van der Waals surface area contributed by atoms with E-state index in [-0.39, 0.29) is 0 Å². The first-order valence-corrected chi connectivity index (χ1v) is 9.31. The lowest BCUT2D eigenvalue weighted by Crippen LogP contribution is -2.14. The van der Waals surface area contributed by atoms with Gasteiger partial charge in [0.1, 0.15) is 12.4 Å². The van der Waals surface area contributed by atoms with Gasteiger partial charge in [-0.05, 0) is 48.4 Å². The maximum absolute atomic E-state index is 6.03. The Balaban J connectivity index is 1.78. The average molecular weight is 366 g/mol. The Hall–Kier alpha value is -1.22. The molecule has 2 aromatic carbocycles. The van der Waals surface area contributed by atoms with E-state index in [1.165, 1.54) is 31.2 Å². The summed E-state index contributed by atoms with van der Waals surface area (Å²) in [6, 6.07) is 13.8. The van der Waals surface area contributed by atoms with Crippen LogP contribution in [0.2, 0.25) is 10.0 Å². The zero-order chi connectivity index (χ0) is 17.2. The summed E-state index contributed by atoms with van der Waals surface area (Å²) in [6.45, 7) is 4.64. The zero-order valence-electron chi connectivity index (χ0n) is 14.2. The van der Waals surface area contributed by atoms with Gasteiger partial charge in [-0.1, -0.05) is 67.6 Å². The highest BCUT2D eigenvalue weighted by molar-refractivity contribution is 6.42. The molecular formula is C20H25Cl2NO. The molecule has 1 N–H and O–H groups in total. The third kappa shape index (κ3) is 6.72. The van der Waals surface area contributed by atoms with Crippen LogP contribution in [-0.4, -0.2) is 6.54 Å². The number of hydrogen-bond donors (Lipinski definition) is 1. The first-order chi connectivity index (χ1) is 11.7. The van der Waals surface area contributed by atoms with Gasteiger partial charge in [0, 0.05) is 6.54 Å². The summed E-state index contributed by atoms with van der Waals surface area (Å²) in [6.07, 6.45) is 5.13. The van der Waals surface area contributed by atoms with Crippen LogP contribution in [0.1, 0.15) is 43.7 Å². The zero-order valence-corrected chi connectivity index (χ0v) is 15.7. The van der Waals surface area contributed by atoms with Crippen LogP contribution in [0.4, 0.5) is 0 Å². The number of unbranched alkanes of at least 4 members (excludes halogenated alkanes) is 3. The summed E-state index contributed by atoms with van der Waals surface area (Å²) in [5, 5.41) is 4.60. The fraction of sp³-hybridized carbons (Fsp3) is 0.400. The van der Waals surface area contributed by atoms with Gasteiger partial charge in [-0.2, -0.15) is 0 Å². The molecule has 0 saturated heterocycles. The number of nitrogens with one attached hydrogen (secondary N) is 1. The van der Waals surface area contributed by atoms with Gasteiger partial charge in [0.15, 0.2) is 0 Å². The number of ether oxygens (including phenoxy) is 1. The second kappa shape index (κ2) is 10.6. The van der Waals surface area contributed by atoms with Gasteiger partial charge >= 0.3 is 0 Å². The molecule has 0 saturated carbocycles. The van der Waals surface area contributed by atoms with E-state index in [1.54, 1.807) is 6.07 Å². The minimum Gasteiger partial charge on any atom is -0.489 e. The standard InChI is InChI=1S/C20H25Cl2NO/c1-2-3-4-5-11-23-14-16-7-6-8-18(12-16)24-15-17-9-10-19(21)20(22)13-17/h6-10,12-13,23H,2-5,11,14-15H2,1H3. The van der Waals surface area contributed by atoms with Crippen LogP contribution in [-0.2, 0) is 13.2 Å². The predicted octanol–water partition coefficient (Wildman–Crippen LogP) is 6.24. The third-order valence-corrected chi connectivity index (χ3v) is 4.56. The van der Waals surface area contributed by atoms with Crippen LogP contribution in [0, 0.1) is 0 Å². The van der Waals surface area contributed by atoms with E-state index in [9.17, 15) is 0 Å². The summed E-state index contributed by atoms with van der Waals surface area (Å²) in [5.74, 6) is 0.867. The third-order valence-electron chi connectivity index (χ3n) is 3.82. The van der Waals surface area contributed by atoms with Crippen LogP contribution in [0.15, 0.2) is 42.5 Å². The Morgan fingerprint density at radius 2 is 1.79 bits per heavy atom. The first-order valence-electron chi connectivity index (χ1n) is 8.55. The van der Waals surface area contributed by atoms with Crippen molar-refractivity contribution in [3.05, 3.63) is 63.6 Å². The molecule has 2 rings (SSSR count). The Kier molecular flexibility index (Phi) is 8.44. The van der Waals surface area contributed by atoms with Crippen molar-refractivity contribution in [2.45, 2.75) is 45.8 Å². The number of hydrogen-bond acceptors (Lipinski definition) is 2. The van der Waals surface area contributed by atoms with E-state index in [1.807, 2.05) is 24.3 Å². The van der Waals surface area contributed by atoms with E-state index >= 15 is 0 Å². The molecule has 0 amide bonds. The van der Waals surface area contributed by atoms with E-state index in [0.717, 1.165) is 24.4 Å². The Morgan fingerprint density at radius 1 is 0.917 bits per heavy atom. The van der Waals surface area contributed by atoms with Gasteiger partial charge < -0.3 is 10.1 Å². The lowest BCUT2D eigenvalue weighted by atomic mass is 10.2. The fourth-order valence-electron chi connectivity index (χ4n) is 2.45. The molecule has 130 valence electrons. The van der Waals surface area contributed by atoms with Crippen molar-refractivity contribution in [3.63, 3.8) is 0 Å². The van der Waals surface area contributed by atoms with Crippen molar-refractivity contribution in [1.82, 2.24) is 5.32 Å². The number of halogens is 2. The van der Waals surface area contributed by atoms with Gasteiger partial charge in [-0.15, -0.1) is 0 Å². The highest BCUT2D eigenvalue weighted by atomic mass is 35.5. The highest BCUT2D eigenvalue weighted by Gasteiger charge is 2.02. The molecule has 0 aliphatic rings. The van der Waals surface area contributed by atoms with Gasteiger partial charge in [0.25, 0.3) is 0 Å². The van der Waals surface area contributed by atoms with Crippen molar-refractivity contribution in [2.24, 2.45) is 0 Å². The monoisotopic (exact) mass is 365 g/mol. The van der Waals surface area contributed by atoms with Gasteiger partial charge in [-0.3, -0.25) is 0 Å². The summed E-state index contributed by atoms with van der Waals surface area (Å²) in [5.41, 5.74) is 2.24. The maximum Gasteiger partial charge on any atom is 0.120 e. The molecule has 0 aliphatic carbocycles. The van der Waals surface area contributed by atoms with Crippen molar-refractivity contribution < 1.29 is 4.74 Å². The summed E-state index contributed by atoms with van der Waals surface area (Å²) in [7, 11) is 0. The molecule has 0 bridgehead atoms. The molecule has 0 aliphatic heterocycles. The molecule has 0 aromatic heterocycles. The Bertz CT molecular complexity index is 631. The normalized spacial score (nSPS) is 10.8. The molecule has 2 aromatic rings. The minimum absolute atomic E-state index is 0.477. The summed E-state index contributed by atoms with van der Waals surface area (Å²) >= 11 is 12.0. The Morgan fingerprint density at radius 3 is 2.58 bits per heavy atom. The van der Waals surface area contributed by atoms with Crippen LogP contribution in [0.25, 0.3) is 0 Å². The predicted molar refractivity (Wildman–Crippen MR) is 103 cm³/mol. The fourth-order valence-corrected chi connectivity index (χ4v) is 2.77. The van der Waals surface area contributed by atoms with E-state index in [4.69, 9.17) is 27.9 Å². The first kappa shape index (κ1) is 19.1. The topological polar surface area (TPSA) is 21.3 Å². The van der Waals surface area contributed by atoms with E-state index in [0.29, 0.717) is 16.7 Å². The van der Waals surface area contributed by atoms with E-state index < -0.39 is 0 Å². The average Bonchev–Trinajstić information content (AvgIpc) is 2.59. The number of rotatable bonds is 10. The van der Waals surface area contributed by atoms with Crippen LogP contribution < -0.4 is 10.1 Å². The van der Waals surface area contributed by atoms with Crippen molar-refractivity contribution >= 4 is 23.2 Å². The molecule has 24 heavy (non-hydrogen) atoms. The maximum atomic E-state index is 6.03. The second-order valence-corrected chi connectivity index (χ2v) is 6.74. The lowest BCUT2D eigenvalue weighted by Gasteiger charge is -2.10. The molecule has 0 spiro atoms. The van der Waals surface area contributed by atoms with Crippen molar-refractivity contribution in [1.29, 1.82) is 0 Å². The van der Waals surface area contributed by atoms with Crippen LogP contribution in [0.5, 0.6) is 5.75 Å². The largest absolute Gasteiger partial charge is 0.489 e. The molecule has 0 radical (unpaired) electrons.